The van der Waals surface area contributed by atoms with Crippen LogP contribution in [0.1, 0.15) is 29.9 Å². The topological polar surface area (TPSA) is 54.5 Å². The predicted molar refractivity (Wildman–Crippen MR) is 74.6 cm³/mol. The van der Waals surface area contributed by atoms with Crippen molar-refractivity contribution in [3.63, 3.8) is 0 Å². The fourth-order valence-electron chi connectivity index (χ4n) is 2.43. The van der Waals surface area contributed by atoms with E-state index in [1.165, 1.54) is 7.11 Å². The molecule has 2 rings (SSSR count). The summed E-state index contributed by atoms with van der Waals surface area (Å²) >= 11 is 0. The van der Waals surface area contributed by atoms with Crippen LogP contribution in [0.25, 0.3) is 0 Å². The molecule has 5 nitrogen and oxygen atoms in total. The summed E-state index contributed by atoms with van der Waals surface area (Å²) in [5.74, 6) is 0.577. The molecule has 1 saturated heterocycles. The number of carbonyl (C=O) groups excluding carboxylic acids is 1. The van der Waals surface area contributed by atoms with Gasteiger partial charge in [-0.05, 0) is 32.9 Å². The molecule has 0 saturated carbocycles. The van der Waals surface area contributed by atoms with Gasteiger partial charge in [0.25, 0.3) is 0 Å². The molecule has 0 aromatic carbocycles. The Kier molecular flexibility index (Phi) is 3.75. The van der Waals surface area contributed by atoms with Gasteiger partial charge < -0.3 is 15.0 Å². The van der Waals surface area contributed by atoms with Crippen LogP contribution < -0.4 is 10.2 Å². The Morgan fingerprint density at radius 3 is 2.79 bits per heavy atom. The van der Waals surface area contributed by atoms with Crippen LogP contribution in [0.2, 0.25) is 0 Å². The van der Waals surface area contributed by atoms with Crippen molar-refractivity contribution < 1.29 is 9.53 Å². The zero-order valence-corrected chi connectivity index (χ0v) is 12.0. The lowest BCUT2D eigenvalue weighted by atomic mass is 10.00. The molecule has 19 heavy (non-hydrogen) atoms. The normalized spacial score (nSPS) is 18.2. The van der Waals surface area contributed by atoms with Crippen LogP contribution in [0.4, 0.5) is 5.82 Å². The highest BCUT2D eigenvalue weighted by atomic mass is 16.5. The molecule has 104 valence electrons. The third-order valence-electron chi connectivity index (χ3n) is 3.55. The van der Waals surface area contributed by atoms with Crippen LogP contribution in [-0.4, -0.2) is 43.2 Å². The van der Waals surface area contributed by atoms with Crippen molar-refractivity contribution in [3.05, 3.63) is 23.4 Å². The fraction of sp³-hybridized carbons (Fsp3) is 0.571. The summed E-state index contributed by atoms with van der Waals surface area (Å²) in [4.78, 5) is 18.4. The van der Waals surface area contributed by atoms with E-state index in [1.807, 2.05) is 13.0 Å². The summed E-state index contributed by atoms with van der Waals surface area (Å²) in [5.41, 5.74) is 1.25. The van der Waals surface area contributed by atoms with Gasteiger partial charge >= 0.3 is 5.97 Å². The van der Waals surface area contributed by atoms with Crippen LogP contribution in [0.15, 0.2) is 12.1 Å². The minimum atomic E-state index is -0.337. The van der Waals surface area contributed by atoms with Crippen molar-refractivity contribution in [1.29, 1.82) is 0 Å². The zero-order chi connectivity index (χ0) is 14.0. The van der Waals surface area contributed by atoms with Gasteiger partial charge in [-0.25, -0.2) is 9.78 Å². The number of ether oxygens (including phenoxy) is 1. The molecule has 1 aromatic rings. The Hall–Kier alpha value is -1.62. The highest BCUT2D eigenvalue weighted by Crippen LogP contribution is 2.24. The van der Waals surface area contributed by atoms with E-state index >= 15 is 0 Å². The third-order valence-corrected chi connectivity index (χ3v) is 3.55. The molecule has 0 spiro atoms. The molecule has 0 atom stereocenters. The van der Waals surface area contributed by atoms with Crippen LogP contribution in [0, 0.1) is 6.92 Å². The van der Waals surface area contributed by atoms with Gasteiger partial charge in [0.05, 0.1) is 18.4 Å². The molecule has 0 bridgehead atoms. The van der Waals surface area contributed by atoms with Crippen LogP contribution >= 0.6 is 0 Å². The van der Waals surface area contributed by atoms with Crippen molar-refractivity contribution >= 4 is 11.8 Å². The van der Waals surface area contributed by atoms with E-state index in [0.717, 1.165) is 25.5 Å². The first-order valence-electron chi connectivity index (χ1n) is 6.50. The summed E-state index contributed by atoms with van der Waals surface area (Å²) in [7, 11) is 1.38. The van der Waals surface area contributed by atoms with Gasteiger partial charge in [-0.2, -0.15) is 0 Å². The lowest BCUT2D eigenvalue weighted by molar-refractivity contribution is 0.0599. The van der Waals surface area contributed by atoms with E-state index in [0.29, 0.717) is 11.3 Å². The first-order valence-corrected chi connectivity index (χ1v) is 6.50. The predicted octanol–water partition coefficient (Wildman–Crippen LogP) is 1.36. The highest BCUT2D eigenvalue weighted by Gasteiger charge is 2.30. The van der Waals surface area contributed by atoms with E-state index in [1.54, 1.807) is 6.07 Å². The minimum Gasteiger partial charge on any atom is -0.465 e. The summed E-state index contributed by atoms with van der Waals surface area (Å²) in [6.45, 7) is 8.99. The van der Waals surface area contributed by atoms with Gasteiger partial charge in [-0.15, -0.1) is 0 Å². The summed E-state index contributed by atoms with van der Waals surface area (Å²) in [6.07, 6.45) is 0. The SMILES string of the molecule is COC(=O)c1ccc(N2CCNCC2(C)C)nc1C. The number of hydrogen-bond acceptors (Lipinski definition) is 5. The molecule has 1 aliphatic rings. The Labute approximate surface area is 114 Å². The van der Waals surface area contributed by atoms with Crippen molar-refractivity contribution in [3.8, 4) is 0 Å². The van der Waals surface area contributed by atoms with Gasteiger partial charge in [0.1, 0.15) is 5.82 Å². The van der Waals surface area contributed by atoms with E-state index in [4.69, 9.17) is 4.74 Å². The number of esters is 1. The van der Waals surface area contributed by atoms with Crippen LogP contribution in [-0.2, 0) is 4.74 Å². The van der Waals surface area contributed by atoms with Crippen molar-refractivity contribution in [1.82, 2.24) is 10.3 Å². The number of pyridine rings is 1. The van der Waals surface area contributed by atoms with E-state index < -0.39 is 0 Å². The maximum absolute atomic E-state index is 11.6. The molecule has 0 amide bonds. The number of aryl methyl sites for hydroxylation is 1. The Balaban J connectivity index is 2.31. The number of hydrogen-bond donors (Lipinski definition) is 1. The molecule has 5 heteroatoms. The second-order valence-corrected chi connectivity index (χ2v) is 5.43. The van der Waals surface area contributed by atoms with Crippen molar-refractivity contribution in [2.75, 3.05) is 31.6 Å². The zero-order valence-electron chi connectivity index (χ0n) is 12.0. The lowest BCUT2D eigenvalue weighted by Gasteiger charge is -2.43. The van der Waals surface area contributed by atoms with Crippen LogP contribution in [0.3, 0.4) is 0 Å². The average molecular weight is 263 g/mol. The van der Waals surface area contributed by atoms with E-state index in [9.17, 15) is 4.79 Å². The molecular formula is C14H21N3O2. The second-order valence-electron chi connectivity index (χ2n) is 5.43. The molecule has 2 heterocycles. The number of anilines is 1. The number of piperazine rings is 1. The molecule has 1 aliphatic heterocycles. The minimum absolute atomic E-state index is 0.0183. The Morgan fingerprint density at radius 1 is 1.47 bits per heavy atom. The monoisotopic (exact) mass is 263 g/mol. The molecular weight excluding hydrogens is 242 g/mol. The molecule has 1 N–H and O–H groups in total. The highest BCUT2D eigenvalue weighted by molar-refractivity contribution is 5.90. The van der Waals surface area contributed by atoms with E-state index in [2.05, 4.69) is 29.0 Å². The molecule has 0 radical (unpaired) electrons. The molecule has 0 unspecified atom stereocenters. The lowest BCUT2D eigenvalue weighted by Crippen LogP contribution is -2.58. The quantitative estimate of drug-likeness (QED) is 0.817. The largest absolute Gasteiger partial charge is 0.465 e. The summed E-state index contributed by atoms with van der Waals surface area (Å²) in [6, 6.07) is 3.69. The van der Waals surface area contributed by atoms with Gasteiger partial charge in [-0.1, -0.05) is 0 Å². The average Bonchev–Trinajstić information content (AvgIpc) is 2.37. The molecule has 1 fully saturated rings. The van der Waals surface area contributed by atoms with Gasteiger partial charge in [-0.3, -0.25) is 0 Å². The van der Waals surface area contributed by atoms with Gasteiger partial charge in [0.15, 0.2) is 0 Å². The number of methoxy groups -OCH3 is 1. The smallest absolute Gasteiger partial charge is 0.339 e. The first-order chi connectivity index (χ1) is 8.95. The molecule has 0 aliphatic carbocycles. The molecule has 1 aromatic heterocycles. The van der Waals surface area contributed by atoms with Crippen molar-refractivity contribution in [2.45, 2.75) is 26.3 Å². The standard InChI is InChI=1S/C14H21N3O2/c1-10-11(13(18)19-4)5-6-12(16-10)17-8-7-15-9-14(17,2)3/h5-6,15H,7-9H2,1-4H3. The number of nitrogens with zero attached hydrogens (tertiary/aromatic N) is 2. The maximum Gasteiger partial charge on any atom is 0.339 e. The number of aromatic nitrogens is 1. The van der Waals surface area contributed by atoms with Gasteiger partial charge in [0.2, 0.25) is 0 Å². The van der Waals surface area contributed by atoms with Crippen LogP contribution in [0.5, 0.6) is 0 Å². The summed E-state index contributed by atoms with van der Waals surface area (Å²) in [5, 5.41) is 3.38. The Bertz CT molecular complexity index is 486. The summed E-state index contributed by atoms with van der Waals surface area (Å²) < 4.78 is 4.74. The Morgan fingerprint density at radius 2 is 2.21 bits per heavy atom. The first kappa shape index (κ1) is 13.8. The second kappa shape index (κ2) is 5.17. The fourth-order valence-corrected chi connectivity index (χ4v) is 2.43. The number of nitrogens with one attached hydrogen (secondary N) is 1. The van der Waals surface area contributed by atoms with E-state index in [-0.39, 0.29) is 11.5 Å². The van der Waals surface area contributed by atoms with Gasteiger partial charge in [0, 0.05) is 25.2 Å². The number of rotatable bonds is 2. The number of carbonyl (C=O) groups is 1. The maximum atomic E-state index is 11.6. The van der Waals surface area contributed by atoms with Crippen molar-refractivity contribution in [2.24, 2.45) is 0 Å². The third kappa shape index (κ3) is 2.71.